The van der Waals surface area contributed by atoms with Gasteiger partial charge in [0.15, 0.2) is 11.5 Å². The third-order valence-corrected chi connectivity index (χ3v) is 5.29. The maximum Gasteiger partial charge on any atom is 0.280 e. The SMILES string of the molecule is CN1C(=O)C(c2ccnc(C(F)F)c2)(c2cc(-c3cncc(C#N)c3)c(F)cc2F)N=C1N. The minimum atomic E-state index is -2.97. The van der Waals surface area contributed by atoms with Gasteiger partial charge < -0.3 is 5.73 Å². The molecule has 33 heavy (non-hydrogen) atoms. The molecule has 7 nitrogen and oxygen atoms in total. The van der Waals surface area contributed by atoms with E-state index in [4.69, 9.17) is 11.0 Å². The molecule has 1 atom stereocenters. The highest BCUT2D eigenvalue weighted by atomic mass is 19.3. The zero-order valence-electron chi connectivity index (χ0n) is 16.9. The summed E-state index contributed by atoms with van der Waals surface area (Å²) in [6.07, 6.45) is 0.593. The van der Waals surface area contributed by atoms with E-state index in [0.29, 0.717) is 6.07 Å². The van der Waals surface area contributed by atoms with Crippen LogP contribution in [-0.4, -0.2) is 33.8 Å². The summed E-state index contributed by atoms with van der Waals surface area (Å²) in [7, 11) is 1.29. The molecule has 166 valence electrons. The number of nitrogens with zero attached hydrogens (tertiary/aromatic N) is 5. The number of aliphatic imine (C=N–C) groups is 1. The molecule has 2 aromatic heterocycles. The van der Waals surface area contributed by atoms with Crippen LogP contribution in [0.2, 0.25) is 0 Å². The van der Waals surface area contributed by atoms with Crippen LogP contribution in [0.25, 0.3) is 11.1 Å². The first-order valence-corrected chi connectivity index (χ1v) is 9.42. The molecule has 1 aliphatic rings. The lowest BCUT2D eigenvalue weighted by Gasteiger charge is -2.27. The Morgan fingerprint density at radius 3 is 2.55 bits per heavy atom. The molecule has 3 aromatic rings. The molecule has 0 saturated heterocycles. The monoisotopic (exact) mass is 454 g/mol. The molecule has 4 rings (SSSR count). The number of nitrogens with two attached hydrogens (primary N) is 1. The Morgan fingerprint density at radius 1 is 1.15 bits per heavy atom. The summed E-state index contributed by atoms with van der Waals surface area (Å²) in [6.45, 7) is 0. The highest BCUT2D eigenvalue weighted by molar-refractivity contribution is 6.09. The second-order valence-electron chi connectivity index (χ2n) is 7.20. The van der Waals surface area contributed by atoms with Crippen molar-refractivity contribution in [2.24, 2.45) is 10.7 Å². The van der Waals surface area contributed by atoms with E-state index in [-0.39, 0.29) is 28.2 Å². The van der Waals surface area contributed by atoms with E-state index in [0.717, 1.165) is 23.2 Å². The largest absolute Gasteiger partial charge is 0.369 e. The summed E-state index contributed by atoms with van der Waals surface area (Å²) in [6, 6.07) is 6.96. The maximum absolute atomic E-state index is 15.2. The third-order valence-electron chi connectivity index (χ3n) is 5.29. The van der Waals surface area contributed by atoms with Gasteiger partial charge in [-0.25, -0.2) is 22.6 Å². The summed E-state index contributed by atoms with van der Waals surface area (Å²) >= 11 is 0. The number of likely N-dealkylation sites (N-methyl/N-ethyl adjacent to an activating group) is 1. The molecule has 0 saturated carbocycles. The van der Waals surface area contributed by atoms with Crippen LogP contribution >= 0.6 is 0 Å². The van der Waals surface area contributed by atoms with E-state index in [2.05, 4.69) is 15.0 Å². The number of aromatic nitrogens is 2. The molecule has 3 heterocycles. The van der Waals surface area contributed by atoms with Crippen LogP contribution in [0.5, 0.6) is 0 Å². The number of nitriles is 1. The number of hydrogen-bond acceptors (Lipinski definition) is 6. The standard InChI is InChI=1S/C22H14F4N6O/c1-32-20(33)22(31-21(32)28,13-2-3-30-18(5-13)19(25)26)15-6-14(16(23)7-17(15)24)12-4-11(8-27)9-29-10-12/h2-7,9-10,19H,1H3,(H2,28,31). The smallest absolute Gasteiger partial charge is 0.280 e. The lowest BCUT2D eigenvalue weighted by Crippen LogP contribution is -2.41. The van der Waals surface area contributed by atoms with Gasteiger partial charge in [-0.05, 0) is 29.8 Å². The second kappa shape index (κ2) is 7.98. The first-order valence-electron chi connectivity index (χ1n) is 9.42. The third kappa shape index (κ3) is 3.45. The number of amides is 1. The van der Waals surface area contributed by atoms with Gasteiger partial charge in [-0.15, -0.1) is 0 Å². The van der Waals surface area contributed by atoms with Crippen LogP contribution < -0.4 is 5.73 Å². The average Bonchev–Trinajstić information content (AvgIpc) is 3.04. The van der Waals surface area contributed by atoms with Gasteiger partial charge in [0.25, 0.3) is 12.3 Å². The van der Waals surface area contributed by atoms with E-state index >= 15 is 4.39 Å². The lowest BCUT2D eigenvalue weighted by molar-refractivity contribution is -0.129. The van der Waals surface area contributed by atoms with E-state index in [1.807, 2.05) is 6.07 Å². The zero-order chi connectivity index (χ0) is 23.9. The fourth-order valence-corrected chi connectivity index (χ4v) is 3.65. The van der Waals surface area contributed by atoms with Gasteiger partial charge >= 0.3 is 0 Å². The van der Waals surface area contributed by atoms with Gasteiger partial charge in [0.1, 0.15) is 23.4 Å². The Hall–Kier alpha value is -4.33. The zero-order valence-corrected chi connectivity index (χ0v) is 16.9. The molecule has 0 fully saturated rings. The van der Waals surface area contributed by atoms with E-state index < -0.39 is 40.8 Å². The fraction of sp³-hybridized carbons (Fsp3) is 0.136. The number of halogens is 4. The van der Waals surface area contributed by atoms with Crippen molar-refractivity contribution < 1.29 is 22.4 Å². The van der Waals surface area contributed by atoms with Crippen molar-refractivity contribution in [1.29, 1.82) is 5.26 Å². The molecule has 2 N–H and O–H groups in total. The van der Waals surface area contributed by atoms with E-state index in [9.17, 15) is 18.0 Å². The van der Waals surface area contributed by atoms with Crippen LogP contribution in [0.4, 0.5) is 17.6 Å². The van der Waals surface area contributed by atoms with Gasteiger partial charge in [0.05, 0.1) is 5.56 Å². The predicted octanol–water partition coefficient (Wildman–Crippen LogP) is 3.26. The fourth-order valence-electron chi connectivity index (χ4n) is 3.65. The topological polar surface area (TPSA) is 108 Å². The highest BCUT2D eigenvalue weighted by Gasteiger charge is 2.51. The second-order valence-corrected chi connectivity index (χ2v) is 7.20. The normalized spacial score (nSPS) is 17.9. The Morgan fingerprint density at radius 2 is 1.91 bits per heavy atom. The quantitative estimate of drug-likeness (QED) is 0.609. The number of benzene rings is 1. The van der Waals surface area contributed by atoms with Crippen LogP contribution in [0, 0.1) is 23.0 Å². The van der Waals surface area contributed by atoms with Crippen molar-refractivity contribution in [1.82, 2.24) is 14.9 Å². The van der Waals surface area contributed by atoms with Gasteiger partial charge in [0, 0.05) is 48.4 Å². The molecule has 1 aliphatic heterocycles. The summed E-state index contributed by atoms with van der Waals surface area (Å²) in [5.74, 6) is -3.24. The van der Waals surface area contributed by atoms with Crippen molar-refractivity contribution in [2.45, 2.75) is 12.0 Å². The van der Waals surface area contributed by atoms with E-state index in [1.165, 1.54) is 31.6 Å². The molecule has 1 amide bonds. The number of hydrogen-bond donors (Lipinski definition) is 1. The Labute approximate surface area is 184 Å². The summed E-state index contributed by atoms with van der Waals surface area (Å²) in [5, 5.41) is 9.11. The van der Waals surface area contributed by atoms with Crippen LogP contribution in [0.3, 0.4) is 0 Å². The van der Waals surface area contributed by atoms with E-state index in [1.54, 1.807) is 0 Å². The molecule has 1 aromatic carbocycles. The van der Waals surface area contributed by atoms with Crippen molar-refractivity contribution in [2.75, 3.05) is 7.05 Å². The Bertz CT molecular complexity index is 1350. The van der Waals surface area contributed by atoms with Crippen LogP contribution in [-0.2, 0) is 10.3 Å². The van der Waals surface area contributed by atoms with Gasteiger partial charge in [-0.2, -0.15) is 5.26 Å². The first-order chi connectivity index (χ1) is 15.7. The molecule has 0 aliphatic carbocycles. The molecule has 0 bridgehead atoms. The van der Waals surface area contributed by atoms with Gasteiger partial charge in [-0.3, -0.25) is 19.7 Å². The molecule has 11 heteroatoms. The summed E-state index contributed by atoms with van der Waals surface area (Å²) in [4.78, 5) is 25.9. The summed E-state index contributed by atoms with van der Waals surface area (Å²) in [5.41, 5.74) is 2.54. The number of carbonyl (C=O) groups excluding carboxylic acids is 1. The Kier molecular flexibility index (Phi) is 5.29. The molecular weight excluding hydrogens is 440 g/mol. The number of rotatable bonds is 4. The molecular formula is C22H14F4N6O. The van der Waals surface area contributed by atoms with Gasteiger partial charge in [0.2, 0.25) is 0 Å². The minimum Gasteiger partial charge on any atom is -0.369 e. The van der Waals surface area contributed by atoms with Crippen molar-refractivity contribution in [3.8, 4) is 17.2 Å². The Balaban J connectivity index is 2.03. The summed E-state index contributed by atoms with van der Waals surface area (Å²) < 4.78 is 56.6. The lowest BCUT2D eigenvalue weighted by atomic mass is 9.81. The highest BCUT2D eigenvalue weighted by Crippen LogP contribution is 2.43. The van der Waals surface area contributed by atoms with Gasteiger partial charge in [-0.1, -0.05) is 0 Å². The number of guanidine groups is 1. The van der Waals surface area contributed by atoms with Crippen molar-refractivity contribution in [3.05, 3.63) is 82.9 Å². The maximum atomic E-state index is 15.2. The number of pyridine rings is 2. The van der Waals surface area contributed by atoms with Crippen LogP contribution in [0.1, 0.15) is 28.8 Å². The average molecular weight is 454 g/mol. The molecule has 0 radical (unpaired) electrons. The molecule has 0 spiro atoms. The first kappa shape index (κ1) is 21.9. The minimum absolute atomic E-state index is 0.120. The van der Waals surface area contributed by atoms with Crippen molar-refractivity contribution in [3.63, 3.8) is 0 Å². The predicted molar refractivity (Wildman–Crippen MR) is 109 cm³/mol. The van der Waals surface area contributed by atoms with Crippen molar-refractivity contribution >= 4 is 11.9 Å². The number of carbonyl (C=O) groups is 1. The van der Waals surface area contributed by atoms with Crippen LogP contribution in [0.15, 0.2) is 53.9 Å². The number of alkyl halides is 2. The molecule has 1 unspecified atom stereocenters.